The molecule has 3 aromatic rings. The van der Waals surface area contributed by atoms with Gasteiger partial charge < -0.3 is 10.1 Å². The first-order valence-corrected chi connectivity index (χ1v) is 9.41. The van der Waals surface area contributed by atoms with Crippen molar-refractivity contribution in [2.24, 2.45) is 0 Å². The van der Waals surface area contributed by atoms with Gasteiger partial charge in [0, 0.05) is 11.8 Å². The van der Waals surface area contributed by atoms with Gasteiger partial charge in [-0.25, -0.2) is 4.68 Å². The molecule has 0 atom stereocenters. The van der Waals surface area contributed by atoms with Crippen molar-refractivity contribution >= 4 is 11.6 Å². The predicted octanol–water partition coefficient (Wildman–Crippen LogP) is 2.96. The van der Waals surface area contributed by atoms with Crippen LogP contribution in [0.25, 0.3) is 5.69 Å². The highest BCUT2D eigenvalue weighted by Gasteiger charge is 2.23. The van der Waals surface area contributed by atoms with Crippen molar-refractivity contribution < 1.29 is 14.5 Å². The van der Waals surface area contributed by atoms with Crippen LogP contribution in [-0.4, -0.2) is 27.2 Å². The van der Waals surface area contributed by atoms with Crippen LogP contribution in [0.4, 0.5) is 5.69 Å². The smallest absolute Gasteiger partial charge is 0.273 e. The zero-order valence-electron chi connectivity index (χ0n) is 15.7. The molecule has 29 heavy (non-hydrogen) atoms. The fraction of sp³-hybridized carbons (Fsp3) is 0.238. The molecule has 1 N–H and O–H groups in total. The molecule has 4 rings (SSSR count). The Kier molecular flexibility index (Phi) is 5.24. The van der Waals surface area contributed by atoms with Crippen molar-refractivity contribution in [3.05, 3.63) is 81.7 Å². The van der Waals surface area contributed by atoms with E-state index in [9.17, 15) is 14.9 Å². The molecule has 0 unspecified atom stereocenters. The minimum absolute atomic E-state index is 0.0788. The van der Waals surface area contributed by atoms with Gasteiger partial charge in [-0.2, -0.15) is 5.10 Å². The van der Waals surface area contributed by atoms with Gasteiger partial charge in [-0.3, -0.25) is 14.9 Å². The van der Waals surface area contributed by atoms with Gasteiger partial charge in [0.05, 0.1) is 28.9 Å². The lowest BCUT2D eigenvalue weighted by Crippen LogP contribution is -2.29. The van der Waals surface area contributed by atoms with Crippen LogP contribution in [0.3, 0.4) is 0 Å². The summed E-state index contributed by atoms with van der Waals surface area (Å²) in [6.07, 6.45) is 3.01. The van der Waals surface area contributed by atoms with Crippen LogP contribution >= 0.6 is 0 Å². The standard InChI is InChI=1S/C21H20N4O4/c26-21(14-29-17-9-4-8-16(12-17)25(27)28)22-13-19-18-10-5-11-20(18)24(23-19)15-6-2-1-3-7-15/h1-4,6-9,12H,5,10-11,13-14H2,(H,22,26). The highest BCUT2D eigenvalue weighted by atomic mass is 16.6. The van der Waals surface area contributed by atoms with E-state index in [1.807, 2.05) is 35.0 Å². The number of carbonyl (C=O) groups excluding carboxylic acids is 1. The first kappa shape index (κ1) is 18.7. The molecule has 1 aromatic heterocycles. The molecule has 0 fully saturated rings. The molecule has 2 aromatic carbocycles. The van der Waals surface area contributed by atoms with Crippen molar-refractivity contribution in [1.29, 1.82) is 0 Å². The number of nitro benzene ring substituents is 1. The van der Waals surface area contributed by atoms with E-state index < -0.39 is 4.92 Å². The second-order valence-corrected chi connectivity index (χ2v) is 6.79. The molecule has 0 aliphatic heterocycles. The Morgan fingerprint density at radius 1 is 1.17 bits per heavy atom. The van der Waals surface area contributed by atoms with E-state index in [0.29, 0.717) is 6.54 Å². The summed E-state index contributed by atoms with van der Waals surface area (Å²) >= 11 is 0. The second-order valence-electron chi connectivity index (χ2n) is 6.79. The number of nitrogens with zero attached hydrogens (tertiary/aromatic N) is 3. The summed E-state index contributed by atoms with van der Waals surface area (Å²) in [4.78, 5) is 22.5. The molecule has 8 nitrogen and oxygen atoms in total. The summed E-state index contributed by atoms with van der Waals surface area (Å²) in [7, 11) is 0. The Morgan fingerprint density at radius 3 is 2.79 bits per heavy atom. The zero-order valence-corrected chi connectivity index (χ0v) is 15.7. The molecular formula is C21H20N4O4. The Hall–Kier alpha value is -3.68. The van der Waals surface area contributed by atoms with Gasteiger partial charge in [0.2, 0.25) is 0 Å². The highest BCUT2D eigenvalue weighted by Crippen LogP contribution is 2.27. The van der Waals surface area contributed by atoms with Crippen LogP contribution in [0.15, 0.2) is 54.6 Å². The molecule has 8 heteroatoms. The molecule has 1 aliphatic rings. The van der Waals surface area contributed by atoms with Crippen molar-refractivity contribution in [2.45, 2.75) is 25.8 Å². The number of para-hydroxylation sites is 1. The molecule has 0 radical (unpaired) electrons. The minimum atomic E-state index is -0.503. The van der Waals surface area contributed by atoms with Crippen molar-refractivity contribution in [3.8, 4) is 11.4 Å². The number of hydrogen-bond acceptors (Lipinski definition) is 5. The summed E-state index contributed by atoms with van der Waals surface area (Å²) in [6.45, 7) is 0.0993. The third kappa shape index (κ3) is 4.11. The number of benzene rings is 2. The fourth-order valence-corrected chi connectivity index (χ4v) is 3.51. The van der Waals surface area contributed by atoms with Gasteiger partial charge in [-0.15, -0.1) is 0 Å². The van der Waals surface area contributed by atoms with E-state index in [2.05, 4.69) is 5.32 Å². The number of carbonyl (C=O) groups is 1. The van der Waals surface area contributed by atoms with E-state index >= 15 is 0 Å². The third-order valence-corrected chi connectivity index (χ3v) is 4.87. The highest BCUT2D eigenvalue weighted by molar-refractivity contribution is 5.77. The molecule has 148 valence electrons. The van der Waals surface area contributed by atoms with Crippen molar-refractivity contribution in [1.82, 2.24) is 15.1 Å². The summed E-state index contributed by atoms with van der Waals surface area (Å²) in [5, 5.41) is 18.3. The summed E-state index contributed by atoms with van der Waals surface area (Å²) < 4.78 is 7.33. The quantitative estimate of drug-likeness (QED) is 0.492. The number of rotatable bonds is 7. The lowest BCUT2D eigenvalue weighted by molar-refractivity contribution is -0.384. The SMILES string of the molecule is O=C(COc1cccc([N+](=O)[O-])c1)NCc1nn(-c2ccccc2)c2c1CCC2. The Labute approximate surface area is 167 Å². The van der Waals surface area contributed by atoms with E-state index in [0.717, 1.165) is 30.6 Å². The number of non-ortho nitro benzene ring substituents is 1. The summed E-state index contributed by atoms with van der Waals surface area (Å²) in [6, 6.07) is 15.7. The largest absolute Gasteiger partial charge is 0.484 e. The van der Waals surface area contributed by atoms with Crippen LogP contribution in [0.1, 0.15) is 23.4 Å². The number of fused-ring (bicyclic) bond motifs is 1. The topological polar surface area (TPSA) is 99.3 Å². The first-order chi connectivity index (χ1) is 14.1. The first-order valence-electron chi connectivity index (χ1n) is 9.41. The number of aromatic nitrogens is 2. The number of amides is 1. The molecule has 0 spiro atoms. The summed E-state index contributed by atoms with van der Waals surface area (Å²) in [5.41, 5.74) is 4.20. The Bertz CT molecular complexity index is 1050. The molecular weight excluding hydrogens is 372 g/mol. The van der Waals surface area contributed by atoms with Crippen LogP contribution in [0.5, 0.6) is 5.75 Å². The molecule has 0 saturated carbocycles. The van der Waals surface area contributed by atoms with Crippen LogP contribution < -0.4 is 10.1 Å². The monoisotopic (exact) mass is 392 g/mol. The normalized spacial score (nSPS) is 12.4. The van der Waals surface area contributed by atoms with Crippen LogP contribution in [0, 0.1) is 10.1 Å². The maximum absolute atomic E-state index is 12.2. The zero-order chi connectivity index (χ0) is 20.2. The van der Waals surface area contributed by atoms with Gasteiger partial charge >= 0.3 is 0 Å². The van der Waals surface area contributed by atoms with E-state index in [1.165, 1.54) is 29.5 Å². The van der Waals surface area contributed by atoms with Gasteiger partial charge in [0.15, 0.2) is 6.61 Å². The lowest BCUT2D eigenvalue weighted by atomic mass is 10.2. The fourth-order valence-electron chi connectivity index (χ4n) is 3.51. The number of ether oxygens (including phenoxy) is 1. The minimum Gasteiger partial charge on any atom is -0.484 e. The average Bonchev–Trinajstić information content (AvgIpc) is 3.35. The molecule has 1 heterocycles. The maximum atomic E-state index is 12.2. The van der Waals surface area contributed by atoms with Crippen molar-refractivity contribution in [2.75, 3.05) is 6.61 Å². The number of nitro groups is 1. The number of hydrogen-bond donors (Lipinski definition) is 1. The third-order valence-electron chi connectivity index (χ3n) is 4.87. The maximum Gasteiger partial charge on any atom is 0.273 e. The molecule has 0 bridgehead atoms. The summed E-state index contributed by atoms with van der Waals surface area (Å²) in [5.74, 6) is -0.0267. The lowest BCUT2D eigenvalue weighted by Gasteiger charge is -2.07. The Morgan fingerprint density at radius 2 is 2.00 bits per heavy atom. The molecule has 0 saturated heterocycles. The molecule has 1 aliphatic carbocycles. The second kappa shape index (κ2) is 8.14. The average molecular weight is 392 g/mol. The van der Waals surface area contributed by atoms with Crippen LogP contribution in [-0.2, 0) is 24.2 Å². The van der Waals surface area contributed by atoms with Gasteiger partial charge in [0.1, 0.15) is 5.75 Å². The van der Waals surface area contributed by atoms with E-state index in [1.54, 1.807) is 6.07 Å². The number of nitrogens with one attached hydrogen (secondary N) is 1. The van der Waals surface area contributed by atoms with Crippen molar-refractivity contribution in [3.63, 3.8) is 0 Å². The molecule has 1 amide bonds. The van der Waals surface area contributed by atoms with Crippen LogP contribution in [0.2, 0.25) is 0 Å². The van der Waals surface area contributed by atoms with E-state index in [4.69, 9.17) is 9.84 Å². The predicted molar refractivity (Wildman–Crippen MR) is 106 cm³/mol. The van der Waals surface area contributed by atoms with Gasteiger partial charge in [-0.05, 0) is 43.0 Å². The Balaban J connectivity index is 1.39. The van der Waals surface area contributed by atoms with E-state index in [-0.39, 0.29) is 24.0 Å². The van der Waals surface area contributed by atoms with Gasteiger partial charge in [-0.1, -0.05) is 24.3 Å². The van der Waals surface area contributed by atoms with Gasteiger partial charge in [0.25, 0.3) is 11.6 Å².